The van der Waals surface area contributed by atoms with Gasteiger partial charge in [0.15, 0.2) is 0 Å². The van der Waals surface area contributed by atoms with Crippen LogP contribution in [0.4, 0.5) is 0 Å². The van der Waals surface area contributed by atoms with Gasteiger partial charge < -0.3 is 0 Å². The number of benzene rings is 1. The molecule has 1 aromatic rings. The van der Waals surface area contributed by atoms with Crippen molar-refractivity contribution in [1.29, 1.82) is 5.26 Å². The van der Waals surface area contributed by atoms with Crippen molar-refractivity contribution in [2.75, 3.05) is 0 Å². The third-order valence-electron chi connectivity index (χ3n) is 3.67. The molecule has 0 spiro atoms. The highest BCUT2D eigenvalue weighted by Crippen LogP contribution is 2.30. The van der Waals surface area contributed by atoms with Crippen LogP contribution in [0.25, 0.3) is 6.08 Å². The second-order valence-corrected chi connectivity index (χ2v) is 5.88. The third kappa shape index (κ3) is 3.71. The van der Waals surface area contributed by atoms with E-state index in [0.717, 1.165) is 10.0 Å². The average Bonchev–Trinajstić information content (AvgIpc) is 2.43. The number of nitriles is 1. The Balaban J connectivity index is 2.01. The summed E-state index contributed by atoms with van der Waals surface area (Å²) in [6.07, 6.45) is 10.5. The minimum absolute atomic E-state index is 0.0777. The fraction of sp³-hybridized carbons (Fsp3) is 0.438. The lowest BCUT2D eigenvalue weighted by molar-refractivity contribution is 0.323. The van der Waals surface area contributed by atoms with Crippen LogP contribution in [0.5, 0.6) is 0 Å². The first-order valence-corrected chi connectivity index (χ1v) is 7.42. The van der Waals surface area contributed by atoms with Gasteiger partial charge in [-0.1, -0.05) is 59.5 Å². The van der Waals surface area contributed by atoms with Crippen LogP contribution in [-0.2, 0) is 0 Å². The van der Waals surface area contributed by atoms with Gasteiger partial charge in [-0.3, -0.25) is 0 Å². The van der Waals surface area contributed by atoms with Gasteiger partial charge in [0.1, 0.15) is 0 Å². The molecular formula is C16H18BrN. The lowest BCUT2D eigenvalue weighted by Crippen LogP contribution is -2.14. The van der Waals surface area contributed by atoms with E-state index in [4.69, 9.17) is 0 Å². The molecule has 0 saturated heterocycles. The van der Waals surface area contributed by atoms with Crippen molar-refractivity contribution in [2.45, 2.75) is 32.1 Å². The van der Waals surface area contributed by atoms with Crippen molar-refractivity contribution < 1.29 is 0 Å². The van der Waals surface area contributed by atoms with Gasteiger partial charge in [0, 0.05) is 4.47 Å². The maximum absolute atomic E-state index is 9.29. The fourth-order valence-corrected chi connectivity index (χ4v) is 2.85. The van der Waals surface area contributed by atoms with E-state index in [0.29, 0.717) is 5.92 Å². The van der Waals surface area contributed by atoms with Crippen LogP contribution < -0.4 is 0 Å². The second kappa shape index (κ2) is 6.75. The predicted molar refractivity (Wildman–Crippen MR) is 78.9 cm³/mol. The monoisotopic (exact) mass is 303 g/mol. The van der Waals surface area contributed by atoms with E-state index >= 15 is 0 Å². The van der Waals surface area contributed by atoms with Crippen LogP contribution in [-0.4, -0.2) is 0 Å². The fourth-order valence-electron chi connectivity index (χ4n) is 2.59. The molecule has 94 valence electrons. The molecule has 1 aromatic carbocycles. The standard InChI is InChI=1S/C16H18BrN/c17-16-10-7-13(8-11-16)6-9-15(12-18)14-4-2-1-3-5-14/h6-11,14-15H,1-5H2/b9-6+/t15-/m0/s1. The van der Waals surface area contributed by atoms with E-state index < -0.39 is 0 Å². The third-order valence-corrected chi connectivity index (χ3v) is 4.20. The van der Waals surface area contributed by atoms with Crippen molar-refractivity contribution in [2.24, 2.45) is 11.8 Å². The zero-order valence-corrected chi connectivity index (χ0v) is 12.1. The zero-order valence-electron chi connectivity index (χ0n) is 10.5. The molecule has 18 heavy (non-hydrogen) atoms. The van der Waals surface area contributed by atoms with Gasteiger partial charge >= 0.3 is 0 Å². The molecule has 1 saturated carbocycles. The van der Waals surface area contributed by atoms with E-state index in [1.54, 1.807) is 0 Å². The molecule has 0 heterocycles. The Morgan fingerprint density at radius 1 is 1.17 bits per heavy atom. The van der Waals surface area contributed by atoms with E-state index in [2.05, 4.69) is 46.3 Å². The topological polar surface area (TPSA) is 23.8 Å². The Kier molecular flexibility index (Phi) is 5.01. The lowest BCUT2D eigenvalue weighted by atomic mass is 9.80. The zero-order chi connectivity index (χ0) is 12.8. The summed E-state index contributed by atoms with van der Waals surface area (Å²) in [7, 11) is 0. The summed E-state index contributed by atoms with van der Waals surface area (Å²) in [5.41, 5.74) is 1.16. The number of rotatable bonds is 3. The Morgan fingerprint density at radius 3 is 2.44 bits per heavy atom. The summed E-state index contributed by atoms with van der Waals surface area (Å²) in [5.74, 6) is 0.643. The van der Waals surface area contributed by atoms with E-state index in [9.17, 15) is 5.26 Å². The van der Waals surface area contributed by atoms with Gasteiger partial charge in [-0.05, 0) is 36.5 Å². The minimum Gasteiger partial charge on any atom is -0.198 e. The van der Waals surface area contributed by atoms with Gasteiger partial charge in [0.2, 0.25) is 0 Å². The number of hydrogen-bond acceptors (Lipinski definition) is 1. The maximum atomic E-state index is 9.29. The molecule has 0 aromatic heterocycles. The molecular weight excluding hydrogens is 286 g/mol. The largest absolute Gasteiger partial charge is 0.198 e. The van der Waals surface area contributed by atoms with Gasteiger partial charge in [0.05, 0.1) is 12.0 Å². The molecule has 1 atom stereocenters. The molecule has 2 rings (SSSR count). The summed E-state index contributed by atoms with van der Waals surface area (Å²) in [6, 6.07) is 10.6. The lowest BCUT2D eigenvalue weighted by Gasteiger charge is -2.23. The van der Waals surface area contributed by atoms with E-state index in [1.807, 2.05) is 12.1 Å². The highest BCUT2D eigenvalue weighted by molar-refractivity contribution is 9.10. The molecule has 0 N–H and O–H groups in total. The van der Waals surface area contributed by atoms with Crippen LogP contribution in [0.15, 0.2) is 34.8 Å². The van der Waals surface area contributed by atoms with E-state index in [-0.39, 0.29) is 5.92 Å². The molecule has 0 aliphatic heterocycles. The molecule has 1 nitrogen and oxygen atoms in total. The van der Waals surface area contributed by atoms with Gasteiger partial charge in [-0.2, -0.15) is 5.26 Å². The number of nitrogens with zero attached hydrogens (tertiary/aromatic N) is 1. The normalized spacial score (nSPS) is 18.7. The molecule has 2 heteroatoms. The smallest absolute Gasteiger partial charge is 0.0700 e. The van der Waals surface area contributed by atoms with Gasteiger partial charge in [0.25, 0.3) is 0 Å². The van der Waals surface area contributed by atoms with Crippen molar-refractivity contribution in [1.82, 2.24) is 0 Å². The van der Waals surface area contributed by atoms with Crippen molar-refractivity contribution in [3.63, 3.8) is 0 Å². The van der Waals surface area contributed by atoms with Crippen LogP contribution in [0, 0.1) is 23.2 Å². The number of halogens is 1. The molecule has 1 aliphatic carbocycles. The molecule has 1 aliphatic rings. The quantitative estimate of drug-likeness (QED) is 0.754. The number of allylic oxidation sites excluding steroid dienone is 1. The van der Waals surface area contributed by atoms with Gasteiger partial charge in [-0.15, -0.1) is 0 Å². The average molecular weight is 304 g/mol. The summed E-state index contributed by atoms with van der Waals surface area (Å²) in [4.78, 5) is 0. The summed E-state index contributed by atoms with van der Waals surface area (Å²) >= 11 is 3.43. The van der Waals surface area contributed by atoms with Crippen LogP contribution in [0.3, 0.4) is 0 Å². The first-order valence-electron chi connectivity index (χ1n) is 6.63. The first-order chi connectivity index (χ1) is 8.79. The molecule has 0 amide bonds. The van der Waals surface area contributed by atoms with Crippen LogP contribution >= 0.6 is 15.9 Å². The summed E-state index contributed by atoms with van der Waals surface area (Å²) < 4.78 is 1.09. The molecule has 0 bridgehead atoms. The first kappa shape index (κ1) is 13.4. The Bertz CT molecular complexity index is 435. The Morgan fingerprint density at radius 2 is 1.83 bits per heavy atom. The van der Waals surface area contributed by atoms with Crippen molar-refractivity contribution >= 4 is 22.0 Å². The summed E-state index contributed by atoms with van der Waals surface area (Å²) in [5, 5.41) is 9.29. The maximum Gasteiger partial charge on any atom is 0.0700 e. The summed E-state index contributed by atoms with van der Waals surface area (Å²) in [6.45, 7) is 0. The van der Waals surface area contributed by atoms with Crippen LogP contribution in [0.2, 0.25) is 0 Å². The Hall–Kier alpha value is -1.07. The Labute approximate surface area is 118 Å². The predicted octanol–water partition coefficient (Wildman–Crippen LogP) is 5.18. The molecule has 0 unspecified atom stereocenters. The highest BCUT2D eigenvalue weighted by Gasteiger charge is 2.20. The van der Waals surface area contributed by atoms with Gasteiger partial charge in [-0.25, -0.2) is 0 Å². The minimum atomic E-state index is 0.0777. The molecule has 1 fully saturated rings. The van der Waals surface area contributed by atoms with Crippen molar-refractivity contribution in [3.05, 3.63) is 40.4 Å². The van der Waals surface area contributed by atoms with Crippen molar-refractivity contribution in [3.8, 4) is 6.07 Å². The van der Waals surface area contributed by atoms with Crippen LogP contribution in [0.1, 0.15) is 37.7 Å². The SMILES string of the molecule is N#C[C@H](/C=C/c1ccc(Br)cc1)C1CCCCC1. The second-order valence-electron chi connectivity index (χ2n) is 4.96. The van der Waals surface area contributed by atoms with E-state index in [1.165, 1.54) is 32.1 Å². The number of hydrogen-bond donors (Lipinski definition) is 0. The molecule has 0 radical (unpaired) electrons. The highest BCUT2D eigenvalue weighted by atomic mass is 79.9.